The fraction of sp³-hybridized carbons (Fsp3) is 0.846. The van der Waals surface area contributed by atoms with Crippen LogP contribution >= 0.6 is 0 Å². The summed E-state index contributed by atoms with van der Waals surface area (Å²) in [7, 11) is 0. The van der Waals surface area contributed by atoms with Crippen LogP contribution < -0.4 is 10.6 Å². The van der Waals surface area contributed by atoms with Gasteiger partial charge in [-0.1, -0.05) is 26.2 Å². The van der Waals surface area contributed by atoms with Crippen molar-refractivity contribution in [3.05, 3.63) is 0 Å². The SMILES string of the molecule is CCC1CCCCC12NC(=NC(C)C)NC2=O. The predicted molar refractivity (Wildman–Crippen MR) is 68.8 cm³/mol. The maximum absolute atomic E-state index is 12.3. The van der Waals surface area contributed by atoms with Crippen LogP contribution in [0.15, 0.2) is 4.99 Å². The van der Waals surface area contributed by atoms with Gasteiger partial charge in [-0.15, -0.1) is 0 Å². The van der Waals surface area contributed by atoms with E-state index >= 15 is 0 Å². The molecule has 0 aromatic rings. The number of nitrogens with one attached hydrogen (secondary N) is 2. The van der Waals surface area contributed by atoms with Gasteiger partial charge in [0.1, 0.15) is 5.54 Å². The number of rotatable bonds is 2. The molecule has 1 spiro atoms. The Labute approximate surface area is 103 Å². The molecule has 2 N–H and O–H groups in total. The van der Waals surface area contributed by atoms with E-state index in [-0.39, 0.29) is 17.5 Å². The van der Waals surface area contributed by atoms with Crippen molar-refractivity contribution >= 4 is 11.9 Å². The van der Waals surface area contributed by atoms with Crippen LogP contribution in [0, 0.1) is 5.92 Å². The maximum atomic E-state index is 12.3. The lowest BCUT2D eigenvalue weighted by Crippen LogP contribution is -2.54. The minimum absolute atomic E-state index is 0.128. The van der Waals surface area contributed by atoms with Gasteiger partial charge in [-0.2, -0.15) is 0 Å². The highest BCUT2D eigenvalue weighted by Gasteiger charge is 2.50. The molecule has 0 radical (unpaired) electrons. The third-order valence-corrected chi connectivity index (χ3v) is 3.93. The van der Waals surface area contributed by atoms with E-state index in [2.05, 4.69) is 22.5 Å². The highest BCUT2D eigenvalue weighted by atomic mass is 16.2. The summed E-state index contributed by atoms with van der Waals surface area (Å²) in [5.74, 6) is 1.24. The maximum Gasteiger partial charge on any atom is 0.252 e. The van der Waals surface area contributed by atoms with Gasteiger partial charge in [-0.05, 0) is 32.6 Å². The topological polar surface area (TPSA) is 53.5 Å². The molecule has 96 valence electrons. The molecule has 17 heavy (non-hydrogen) atoms. The molecule has 2 unspecified atom stereocenters. The highest BCUT2D eigenvalue weighted by Crippen LogP contribution is 2.37. The van der Waals surface area contributed by atoms with E-state index in [0.717, 1.165) is 25.7 Å². The molecule has 1 aliphatic heterocycles. The Kier molecular flexibility index (Phi) is 3.40. The number of carbonyl (C=O) groups excluding carboxylic acids is 1. The van der Waals surface area contributed by atoms with E-state index < -0.39 is 0 Å². The predicted octanol–water partition coefficient (Wildman–Crippen LogP) is 1.81. The van der Waals surface area contributed by atoms with Crippen LogP contribution in [0.25, 0.3) is 0 Å². The van der Waals surface area contributed by atoms with Crippen LogP contribution in [0.2, 0.25) is 0 Å². The first-order valence-corrected chi connectivity index (χ1v) is 6.76. The Balaban J connectivity index is 2.22. The molecule has 1 saturated carbocycles. The lowest BCUT2D eigenvalue weighted by atomic mass is 9.71. The van der Waals surface area contributed by atoms with Gasteiger partial charge in [0.05, 0.1) is 0 Å². The smallest absolute Gasteiger partial charge is 0.252 e. The first-order valence-electron chi connectivity index (χ1n) is 6.76. The van der Waals surface area contributed by atoms with E-state index in [0.29, 0.717) is 11.9 Å². The molecule has 1 amide bonds. The van der Waals surface area contributed by atoms with Gasteiger partial charge in [0.2, 0.25) is 0 Å². The first-order chi connectivity index (χ1) is 8.08. The van der Waals surface area contributed by atoms with Crippen molar-refractivity contribution in [2.45, 2.75) is 64.5 Å². The monoisotopic (exact) mass is 237 g/mol. The average Bonchev–Trinajstić information content (AvgIpc) is 2.55. The first kappa shape index (κ1) is 12.4. The Morgan fingerprint density at radius 3 is 2.88 bits per heavy atom. The lowest BCUT2D eigenvalue weighted by Gasteiger charge is -2.38. The minimum atomic E-state index is -0.374. The zero-order valence-corrected chi connectivity index (χ0v) is 11.0. The van der Waals surface area contributed by atoms with Gasteiger partial charge in [0.25, 0.3) is 5.91 Å². The Morgan fingerprint density at radius 2 is 2.24 bits per heavy atom. The Hall–Kier alpha value is -1.06. The molecule has 4 heteroatoms. The van der Waals surface area contributed by atoms with Crippen molar-refractivity contribution < 1.29 is 4.79 Å². The van der Waals surface area contributed by atoms with Crippen molar-refractivity contribution in [3.63, 3.8) is 0 Å². The molecular weight excluding hydrogens is 214 g/mol. The molecule has 2 fully saturated rings. The standard InChI is InChI=1S/C13H23N3O/c1-4-10-7-5-6-8-13(10)11(17)15-12(16-13)14-9(2)3/h9-10H,4-8H2,1-3H3,(H2,14,15,16,17). The van der Waals surface area contributed by atoms with Crippen LogP contribution in [0.4, 0.5) is 0 Å². The van der Waals surface area contributed by atoms with E-state index in [1.807, 2.05) is 13.8 Å². The van der Waals surface area contributed by atoms with Crippen LogP contribution in [0.1, 0.15) is 52.9 Å². The van der Waals surface area contributed by atoms with Crippen molar-refractivity contribution in [1.82, 2.24) is 10.6 Å². The number of aliphatic imine (C=N–C) groups is 1. The Bertz CT molecular complexity index is 338. The summed E-state index contributed by atoms with van der Waals surface area (Å²) in [4.78, 5) is 16.7. The second kappa shape index (κ2) is 4.67. The fourth-order valence-electron chi connectivity index (χ4n) is 3.10. The van der Waals surface area contributed by atoms with Crippen molar-refractivity contribution in [3.8, 4) is 0 Å². The number of hydrogen-bond acceptors (Lipinski definition) is 2. The molecule has 0 bridgehead atoms. The number of carbonyl (C=O) groups is 1. The number of amides is 1. The van der Waals surface area contributed by atoms with Crippen LogP contribution in [0.3, 0.4) is 0 Å². The minimum Gasteiger partial charge on any atom is -0.341 e. The molecular formula is C13H23N3O. The zero-order chi connectivity index (χ0) is 12.5. The van der Waals surface area contributed by atoms with Crippen molar-refractivity contribution in [1.29, 1.82) is 0 Å². The normalized spacial score (nSPS) is 35.4. The van der Waals surface area contributed by atoms with E-state index in [1.165, 1.54) is 6.42 Å². The van der Waals surface area contributed by atoms with Gasteiger partial charge < -0.3 is 5.32 Å². The number of nitrogens with zero attached hydrogens (tertiary/aromatic N) is 1. The van der Waals surface area contributed by atoms with Gasteiger partial charge in [0.15, 0.2) is 5.96 Å². The average molecular weight is 237 g/mol. The van der Waals surface area contributed by atoms with Crippen LogP contribution in [-0.4, -0.2) is 23.4 Å². The molecule has 0 aromatic carbocycles. The van der Waals surface area contributed by atoms with Gasteiger partial charge >= 0.3 is 0 Å². The summed E-state index contributed by atoms with van der Waals surface area (Å²) in [6.07, 6.45) is 5.51. The van der Waals surface area contributed by atoms with Crippen LogP contribution in [-0.2, 0) is 4.79 Å². The van der Waals surface area contributed by atoms with Gasteiger partial charge in [-0.25, -0.2) is 0 Å². The molecule has 2 rings (SSSR count). The van der Waals surface area contributed by atoms with Crippen molar-refractivity contribution in [2.75, 3.05) is 0 Å². The molecule has 1 saturated heterocycles. The van der Waals surface area contributed by atoms with Crippen LogP contribution in [0.5, 0.6) is 0 Å². The van der Waals surface area contributed by atoms with E-state index in [9.17, 15) is 4.79 Å². The summed E-state index contributed by atoms with van der Waals surface area (Å²) in [6, 6.07) is 0.205. The molecule has 0 aromatic heterocycles. The zero-order valence-electron chi connectivity index (χ0n) is 11.0. The van der Waals surface area contributed by atoms with Gasteiger partial charge in [0, 0.05) is 6.04 Å². The summed E-state index contributed by atoms with van der Waals surface area (Å²) in [6.45, 7) is 6.21. The summed E-state index contributed by atoms with van der Waals surface area (Å²) >= 11 is 0. The molecule has 1 aliphatic carbocycles. The van der Waals surface area contributed by atoms with Gasteiger partial charge in [-0.3, -0.25) is 15.1 Å². The molecule has 4 nitrogen and oxygen atoms in total. The highest BCUT2D eigenvalue weighted by molar-refractivity contribution is 6.09. The molecule has 1 heterocycles. The fourth-order valence-corrected chi connectivity index (χ4v) is 3.10. The van der Waals surface area contributed by atoms with E-state index in [4.69, 9.17) is 0 Å². The lowest BCUT2D eigenvalue weighted by molar-refractivity contribution is -0.127. The largest absolute Gasteiger partial charge is 0.341 e. The third-order valence-electron chi connectivity index (χ3n) is 3.93. The summed E-state index contributed by atoms with van der Waals surface area (Å²) in [5, 5.41) is 6.29. The number of guanidine groups is 1. The van der Waals surface area contributed by atoms with Crippen molar-refractivity contribution in [2.24, 2.45) is 10.9 Å². The van der Waals surface area contributed by atoms with E-state index in [1.54, 1.807) is 0 Å². The summed E-state index contributed by atoms with van der Waals surface area (Å²) in [5.41, 5.74) is -0.374. The molecule has 2 atom stereocenters. The second-order valence-corrected chi connectivity index (χ2v) is 5.47. The summed E-state index contributed by atoms with van der Waals surface area (Å²) < 4.78 is 0. The second-order valence-electron chi connectivity index (χ2n) is 5.47. The Morgan fingerprint density at radius 1 is 1.47 bits per heavy atom. The third kappa shape index (κ3) is 2.17. The molecule has 2 aliphatic rings. The quantitative estimate of drug-likeness (QED) is 0.769. The number of hydrogen-bond donors (Lipinski definition) is 2.